The Balaban J connectivity index is 1.70. The van der Waals surface area contributed by atoms with Crippen molar-refractivity contribution >= 4 is 0 Å². The van der Waals surface area contributed by atoms with Gasteiger partial charge in [-0.05, 0) is 50.5 Å². The standard InChI is InChI=1S/C17H31NO2/c1-3-18-15(16-13(2)6-10-19-16)14-7-11-20-17(12-14)8-4-5-9-17/h13-16,18H,3-12H2,1-2H3. The van der Waals surface area contributed by atoms with E-state index < -0.39 is 0 Å². The van der Waals surface area contributed by atoms with Crippen LogP contribution in [0.5, 0.6) is 0 Å². The quantitative estimate of drug-likeness (QED) is 0.859. The molecule has 4 unspecified atom stereocenters. The minimum absolute atomic E-state index is 0.221. The topological polar surface area (TPSA) is 30.5 Å². The Labute approximate surface area is 123 Å². The lowest BCUT2D eigenvalue weighted by Crippen LogP contribution is -2.52. The molecule has 3 heteroatoms. The molecular weight excluding hydrogens is 250 g/mol. The van der Waals surface area contributed by atoms with Crippen LogP contribution >= 0.6 is 0 Å². The molecule has 2 heterocycles. The van der Waals surface area contributed by atoms with E-state index in [1.54, 1.807) is 0 Å². The Morgan fingerprint density at radius 3 is 2.65 bits per heavy atom. The van der Waals surface area contributed by atoms with Gasteiger partial charge in [-0.2, -0.15) is 0 Å². The molecule has 1 saturated carbocycles. The van der Waals surface area contributed by atoms with Gasteiger partial charge in [0.2, 0.25) is 0 Å². The lowest BCUT2D eigenvalue weighted by atomic mass is 9.77. The van der Waals surface area contributed by atoms with E-state index in [4.69, 9.17) is 9.47 Å². The van der Waals surface area contributed by atoms with E-state index in [9.17, 15) is 0 Å². The summed E-state index contributed by atoms with van der Waals surface area (Å²) in [5.41, 5.74) is 0.221. The van der Waals surface area contributed by atoms with Crippen LogP contribution in [0.3, 0.4) is 0 Å². The molecule has 1 N–H and O–H groups in total. The van der Waals surface area contributed by atoms with Crippen LogP contribution < -0.4 is 5.32 Å². The minimum atomic E-state index is 0.221. The van der Waals surface area contributed by atoms with Gasteiger partial charge in [-0.25, -0.2) is 0 Å². The summed E-state index contributed by atoms with van der Waals surface area (Å²) in [5, 5.41) is 3.75. The third kappa shape index (κ3) is 2.90. The first-order valence-electron chi connectivity index (χ1n) is 8.73. The van der Waals surface area contributed by atoms with Gasteiger partial charge >= 0.3 is 0 Å². The van der Waals surface area contributed by atoms with Gasteiger partial charge in [-0.1, -0.05) is 26.7 Å². The molecule has 0 amide bonds. The predicted octanol–water partition coefficient (Wildman–Crippen LogP) is 3.13. The van der Waals surface area contributed by atoms with E-state index in [0.29, 0.717) is 18.1 Å². The monoisotopic (exact) mass is 281 g/mol. The molecule has 0 aromatic carbocycles. The van der Waals surface area contributed by atoms with Crippen molar-refractivity contribution in [2.24, 2.45) is 11.8 Å². The molecule has 20 heavy (non-hydrogen) atoms. The van der Waals surface area contributed by atoms with Crippen LogP contribution in [0.4, 0.5) is 0 Å². The van der Waals surface area contributed by atoms with E-state index in [2.05, 4.69) is 19.2 Å². The summed E-state index contributed by atoms with van der Waals surface area (Å²) < 4.78 is 12.3. The highest BCUT2D eigenvalue weighted by Crippen LogP contribution is 2.44. The molecule has 3 nitrogen and oxygen atoms in total. The molecule has 2 aliphatic heterocycles. The lowest BCUT2D eigenvalue weighted by molar-refractivity contribution is -0.107. The lowest BCUT2D eigenvalue weighted by Gasteiger charge is -2.43. The van der Waals surface area contributed by atoms with Crippen LogP contribution in [0.2, 0.25) is 0 Å². The maximum atomic E-state index is 6.21. The zero-order chi connectivity index (χ0) is 14.0. The second-order valence-corrected chi connectivity index (χ2v) is 7.18. The van der Waals surface area contributed by atoms with Crippen molar-refractivity contribution in [2.75, 3.05) is 19.8 Å². The van der Waals surface area contributed by atoms with Crippen molar-refractivity contribution < 1.29 is 9.47 Å². The van der Waals surface area contributed by atoms with Crippen LogP contribution in [0.15, 0.2) is 0 Å². The molecule has 1 aliphatic carbocycles. The van der Waals surface area contributed by atoms with Gasteiger partial charge in [0.15, 0.2) is 0 Å². The second-order valence-electron chi connectivity index (χ2n) is 7.18. The molecule has 0 bridgehead atoms. The molecular formula is C17H31NO2. The van der Waals surface area contributed by atoms with Crippen molar-refractivity contribution in [1.82, 2.24) is 5.32 Å². The highest BCUT2D eigenvalue weighted by molar-refractivity contribution is 4.97. The number of ether oxygens (including phenoxy) is 2. The molecule has 1 spiro atoms. The summed E-state index contributed by atoms with van der Waals surface area (Å²) in [6.07, 6.45) is 9.36. The highest BCUT2D eigenvalue weighted by atomic mass is 16.5. The van der Waals surface area contributed by atoms with Crippen molar-refractivity contribution in [3.63, 3.8) is 0 Å². The summed E-state index contributed by atoms with van der Waals surface area (Å²) in [6.45, 7) is 7.52. The number of nitrogens with one attached hydrogen (secondary N) is 1. The average Bonchev–Trinajstić information content (AvgIpc) is 3.06. The molecule has 3 aliphatic rings. The van der Waals surface area contributed by atoms with Crippen LogP contribution in [0.25, 0.3) is 0 Å². The molecule has 3 fully saturated rings. The van der Waals surface area contributed by atoms with Gasteiger partial charge < -0.3 is 14.8 Å². The first kappa shape index (κ1) is 14.8. The number of hydrogen-bond acceptors (Lipinski definition) is 3. The van der Waals surface area contributed by atoms with Crippen molar-refractivity contribution in [2.45, 2.75) is 76.5 Å². The van der Waals surface area contributed by atoms with E-state index in [0.717, 1.165) is 25.7 Å². The van der Waals surface area contributed by atoms with Crippen LogP contribution in [0, 0.1) is 11.8 Å². The molecule has 0 aromatic heterocycles. The molecule has 2 saturated heterocycles. The molecule has 3 rings (SSSR count). The van der Waals surface area contributed by atoms with Gasteiger partial charge in [0.05, 0.1) is 11.7 Å². The third-order valence-electron chi connectivity index (χ3n) is 5.79. The summed E-state index contributed by atoms with van der Waals surface area (Å²) in [4.78, 5) is 0. The Bertz CT molecular complexity index is 314. The Kier molecular flexibility index (Phi) is 4.68. The fourth-order valence-corrected chi connectivity index (χ4v) is 4.70. The van der Waals surface area contributed by atoms with Crippen LogP contribution in [-0.2, 0) is 9.47 Å². The van der Waals surface area contributed by atoms with Gasteiger partial charge in [0.25, 0.3) is 0 Å². The number of rotatable bonds is 4. The zero-order valence-electron chi connectivity index (χ0n) is 13.2. The van der Waals surface area contributed by atoms with Gasteiger partial charge in [-0.3, -0.25) is 0 Å². The van der Waals surface area contributed by atoms with Gasteiger partial charge in [0, 0.05) is 19.3 Å². The fraction of sp³-hybridized carbons (Fsp3) is 1.00. The SMILES string of the molecule is CCNC(C1CCOC2(CCCC2)C1)C1OCCC1C. The average molecular weight is 281 g/mol. The molecule has 4 atom stereocenters. The first-order chi connectivity index (χ1) is 9.74. The second kappa shape index (κ2) is 6.33. The van der Waals surface area contributed by atoms with Crippen molar-refractivity contribution in [3.05, 3.63) is 0 Å². The summed E-state index contributed by atoms with van der Waals surface area (Å²) >= 11 is 0. The Morgan fingerprint density at radius 1 is 1.20 bits per heavy atom. The van der Waals surface area contributed by atoms with E-state index >= 15 is 0 Å². The third-order valence-corrected chi connectivity index (χ3v) is 5.79. The molecule has 116 valence electrons. The molecule has 0 aromatic rings. The van der Waals surface area contributed by atoms with Crippen LogP contribution in [-0.4, -0.2) is 37.5 Å². The fourth-order valence-electron chi connectivity index (χ4n) is 4.70. The van der Waals surface area contributed by atoms with Crippen LogP contribution in [0.1, 0.15) is 58.8 Å². The molecule has 0 radical (unpaired) electrons. The van der Waals surface area contributed by atoms with Crippen molar-refractivity contribution in [3.8, 4) is 0 Å². The maximum Gasteiger partial charge on any atom is 0.0757 e. The summed E-state index contributed by atoms with van der Waals surface area (Å²) in [5.74, 6) is 1.42. The minimum Gasteiger partial charge on any atom is -0.376 e. The highest BCUT2D eigenvalue weighted by Gasteiger charge is 2.45. The normalized spacial score (nSPS) is 38.4. The van der Waals surface area contributed by atoms with Gasteiger partial charge in [0.1, 0.15) is 0 Å². The number of likely N-dealkylation sites (N-methyl/N-ethyl adjacent to an activating group) is 1. The largest absolute Gasteiger partial charge is 0.376 e. The van der Waals surface area contributed by atoms with E-state index in [-0.39, 0.29) is 5.60 Å². The first-order valence-corrected chi connectivity index (χ1v) is 8.73. The zero-order valence-corrected chi connectivity index (χ0v) is 13.2. The summed E-state index contributed by atoms with van der Waals surface area (Å²) in [7, 11) is 0. The smallest absolute Gasteiger partial charge is 0.0757 e. The van der Waals surface area contributed by atoms with E-state index in [1.807, 2.05) is 0 Å². The van der Waals surface area contributed by atoms with E-state index in [1.165, 1.54) is 44.9 Å². The number of hydrogen-bond donors (Lipinski definition) is 1. The summed E-state index contributed by atoms with van der Waals surface area (Å²) in [6, 6.07) is 0.527. The Morgan fingerprint density at radius 2 is 2.00 bits per heavy atom. The maximum absolute atomic E-state index is 6.21. The van der Waals surface area contributed by atoms with Crippen molar-refractivity contribution in [1.29, 1.82) is 0 Å². The predicted molar refractivity (Wildman–Crippen MR) is 80.9 cm³/mol. The Hall–Kier alpha value is -0.120. The van der Waals surface area contributed by atoms with Gasteiger partial charge in [-0.15, -0.1) is 0 Å².